The summed E-state index contributed by atoms with van der Waals surface area (Å²) in [5.74, 6) is -0.533. The summed E-state index contributed by atoms with van der Waals surface area (Å²) >= 11 is 0. The van der Waals surface area contributed by atoms with E-state index < -0.39 is 11.9 Å². The SMILES string of the molecule is CCOCCc1noc(C2CC=CCC2C(=O)O)n1. The van der Waals surface area contributed by atoms with Crippen molar-refractivity contribution in [3.8, 4) is 0 Å². The third kappa shape index (κ3) is 3.41. The Morgan fingerprint density at radius 2 is 2.32 bits per heavy atom. The van der Waals surface area contributed by atoms with Gasteiger partial charge in [0.2, 0.25) is 5.89 Å². The van der Waals surface area contributed by atoms with Crippen LogP contribution in [0.3, 0.4) is 0 Å². The molecule has 2 unspecified atom stereocenters. The van der Waals surface area contributed by atoms with Crippen LogP contribution in [0.15, 0.2) is 16.7 Å². The summed E-state index contributed by atoms with van der Waals surface area (Å²) < 4.78 is 10.4. The predicted octanol–water partition coefficient (Wildman–Crippen LogP) is 1.78. The van der Waals surface area contributed by atoms with Gasteiger partial charge in [0.15, 0.2) is 5.82 Å². The van der Waals surface area contributed by atoms with E-state index in [2.05, 4.69) is 10.1 Å². The number of carboxylic acid groups (broad SMARTS) is 1. The van der Waals surface area contributed by atoms with Gasteiger partial charge < -0.3 is 14.4 Å². The average Bonchev–Trinajstić information content (AvgIpc) is 2.88. The second kappa shape index (κ2) is 6.47. The normalized spacial score (nSPS) is 22.6. The first-order chi connectivity index (χ1) is 9.22. The molecule has 0 amide bonds. The molecule has 19 heavy (non-hydrogen) atoms. The van der Waals surface area contributed by atoms with Crippen LogP contribution in [0.4, 0.5) is 0 Å². The molecule has 2 rings (SSSR count). The maximum atomic E-state index is 11.2. The monoisotopic (exact) mass is 266 g/mol. The molecule has 1 aliphatic carbocycles. The quantitative estimate of drug-likeness (QED) is 0.624. The number of rotatable bonds is 6. The van der Waals surface area contributed by atoms with Crippen molar-refractivity contribution in [2.45, 2.75) is 32.1 Å². The Morgan fingerprint density at radius 1 is 1.53 bits per heavy atom. The maximum absolute atomic E-state index is 11.2. The molecule has 0 spiro atoms. The molecule has 1 aliphatic rings. The van der Waals surface area contributed by atoms with E-state index in [1.165, 1.54) is 0 Å². The van der Waals surface area contributed by atoms with Gasteiger partial charge in [0.1, 0.15) is 0 Å². The van der Waals surface area contributed by atoms with Crippen molar-refractivity contribution in [2.24, 2.45) is 5.92 Å². The van der Waals surface area contributed by atoms with Crippen molar-refractivity contribution in [2.75, 3.05) is 13.2 Å². The van der Waals surface area contributed by atoms with E-state index in [-0.39, 0.29) is 5.92 Å². The van der Waals surface area contributed by atoms with Gasteiger partial charge in [-0.2, -0.15) is 4.98 Å². The Morgan fingerprint density at radius 3 is 3.05 bits per heavy atom. The van der Waals surface area contributed by atoms with Gasteiger partial charge in [0, 0.05) is 13.0 Å². The summed E-state index contributed by atoms with van der Waals surface area (Å²) in [5.41, 5.74) is 0. The zero-order chi connectivity index (χ0) is 13.7. The second-order valence-corrected chi connectivity index (χ2v) is 4.49. The molecular weight excluding hydrogens is 248 g/mol. The van der Waals surface area contributed by atoms with E-state index in [9.17, 15) is 9.90 Å². The number of aromatic nitrogens is 2. The van der Waals surface area contributed by atoms with Gasteiger partial charge in [-0.1, -0.05) is 17.3 Å². The summed E-state index contributed by atoms with van der Waals surface area (Å²) in [6.45, 7) is 3.12. The molecule has 6 heteroatoms. The Kier molecular flexibility index (Phi) is 4.68. The first-order valence-corrected chi connectivity index (χ1v) is 6.50. The van der Waals surface area contributed by atoms with Crippen LogP contribution < -0.4 is 0 Å². The lowest BCUT2D eigenvalue weighted by atomic mass is 9.83. The molecule has 1 aromatic rings. The standard InChI is InChI=1S/C13H18N2O4/c1-2-18-8-7-11-14-12(19-15-11)9-5-3-4-6-10(9)13(16)17/h3-4,9-10H,2,5-8H2,1H3,(H,16,17). The molecule has 1 heterocycles. The lowest BCUT2D eigenvalue weighted by Crippen LogP contribution is -2.23. The van der Waals surface area contributed by atoms with Crippen LogP contribution in [0, 0.1) is 5.92 Å². The zero-order valence-electron chi connectivity index (χ0n) is 10.9. The van der Waals surface area contributed by atoms with Crippen molar-refractivity contribution in [3.05, 3.63) is 23.9 Å². The van der Waals surface area contributed by atoms with E-state index in [0.29, 0.717) is 44.2 Å². The van der Waals surface area contributed by atoms with Crippen molar-refractivity contribution >= 4 is 5.97 Å². The van der Waals surface area contributed by atoms with Gasteiger partial charge in [0.25, 0.3) is 0 Å². The molecule has 6 nitrogen and oxygen atoms in total. The molecule has 0 aromatic carbocycles. The number of allylic oxidation sites excluding steroid dienone is 2. The van der Waals surface area contributed by atoms with E-state index in [1.54, 1.807) is 0 Å². The molecule has 0 fully saturated rings. The average molecular weight is 266 g/mol. The number of nitrogens with zero attached hydrogens (tertiary/aromatic N) is 2. The van der Waals surface area contributed by atoms with Crippen LogP contribution in [-0.2, 0) is 16.0 Å². The van der Waals surface area contributed by atoms with E-state index in [1.807, 2.05) is 19.1 Å². The third-order valence-corrected chi connectivity index (χ3v) is 3.22. The highest BCUT2D eigenvalue weighted by molar-refractivity contribution is 5.71. The molecule has 0 radical (unpaired) electrons. The molecule has 0 saturated carbocycles. The largest absolute Gasteiger partial charge is 0.481 e. The van der Waals surface area contributed by atoms with Gasteiger partial charge in [-0.15, -0.1) is 0 Å². The molecule has 0 bridgehead atoms. The summed E-state index contributed by atoms with van der Waals surface area (Å²) in [6.07, 6.45) is 5.58. The fourth-order valence-electron chi connectivity index (χ4n) is 2.19. The highest BCUT2D eigenvalue weighted by Gasteiger charge is 2.33. The lowest BCUT2D eigenvalue weighted by Gasteiger charge is -2.21. The van der Waals surface area contributed by atoms with Crippen molar-refractivity contribution in [1.29, 1.82) is 0 Å². The molecule has 0 aliphatic heterocycles. The van der Waals surface area contributed by atoms with Crippen LogP contribution in [0.25, 0.3) is 0 Å². The van der Waals surface area contributed by atoms with Crippen LogP contribution in [0.1, 0.15) is 37.4 Å². The molecule has 2 atom stereocenters. The number of carboxylic acids is 1. The minimum atomic E-state index is -0.816. The fraction of sp³-hybridized carbons (Fsp3) is 0.615. The second-order valence-electron chi connectivity index (χ2n) is 4.49. The topological polar surface area (TPSA) is 85.5 Å². The van der Waals surface area contributed by atoms with Gasteiger partial charge >= 0.3 is 5.97 Å². The summed E-state index contributed by atoms with van der Waals surface area (Å²) in [4.78, 5) is 15.5. The number of hydrogen-bond acceptors (Lipinski definition) is 5. The molecule has 1 aromatic heterocycles. The Bertz CT molecular complexity index is 455. The number of ether oxygens (including phenoxy) is 1. The Balaban J connectivity index is 2.04. The highest BCUT2D eigenvalue weighted by Crippen LogP contribution is 2.33. The van der Waals surface area contributed by atoms with Crippen LogP contribution in [0.2, 0.25) is 0 Å². The summed E-state index contributed by atoms with van der Waals surface area (Å²) in [6, 6.07) is 0. The van der Waals surface area contributed by atoms with E-state index in [0.717, 1.165) is 0 Å². The number of carbonyl (C=O) groups is 1. The Hall–Kier alpha value is -1.69. The first-order valence-electron chi connectivity index (χ1n) is 6.50. The molecular formula is C13H18N2O4. The molecule has 1 N–H and O–H groups in total. The summed E-state index contributed by atoms with van der Waals surface area (Å²) in [5, 5.41) is 13.1. The maximum Gasteiger partial charge on any atom is 0.307 e. The van der Waals surface area contributed by atoms with Gasteiger partial charge in [-0.3, -0.25) is 4.79 Å². The van der Waals surface area contributed by atoms with Crippen LogP contribution >= 0.6 is 0 Å². The minimum Gasteiger partial charge on any atom is -0.481 e. The van der Waals surface area contributed by atoms with Gasteiger partial charge in [-0.25, -0.2) is 0 Å². The van der Waals surface area contributed by atoms with Crippen molar-refractivity contribution in [1.82, 2.24) is 10.1 Å². The highest BCUT2D eigenvalue weighted by atomic mass is 16.5. The predicted molar refractivity (Wildman–Crippen MR) is 66.7 cm³/mol. The van der Waals surface area contributed by atoms with Gasteiger partial charge in [-0.05, 0) is 19.8 Å². The molecule has 0 saturated heterocycles. The lowest BCUT2D eigenvalue weighted by molar-refractivity contribution is -0.142. The van der Waals surface area contributed by atoms with E-state index >= 15 is 0 Å². The van der Waals surface area contributed by atoms with E-state index in [4.69, 9.17) is 9.26 Å². The fourth-order valence-corrected chi connectivity index (χ4v) is 2.19. The first kappa shape index (κ1) is 13.7. The smallest absolute Gasteiger partial charge is 0.307 e. The number of hydrogen-bond donors (Lipinski definition) is 1. The Labute approximate surface area is 111 Å². The molecule has 104 valence electrons. The number of aliphatic carboxylic acids is 1. The minimum absolute atomic E-state index is 0.226. The van der Waals surface area contributed by atoms with Crippen LogP contribution in [-0.4, -0.2) is 34.4 Å². The van der Waals surface area contributed by atoms with Gasteiger partial charge in [0.05, 0.1) is 18.4 Å². The van der Waals surface area contributed by atoms with Crippen LogP contribution in [0.5, 0.6) is 0 Å². The van der Waals surface area contributed by atoms with Crippen molar-refractivity contribution in [3.63, 3.8) is 0 Å². The third-order valence-electron chi connectivity index (χ3n) is 3.22. The zero-order valence-corrected chi connectivity index (χ0v) is 10.9. The van der Waals surface area contributed by atoms with Crippen molar-refractivity contribution < 1.29 is 19.2 Å². The summed E-state index contributed by atoms with van der Waals surface area (Å²) in [7, 11) is 0.